The molecule has 1 heterocycles. The van der Waals surface area contributed by atoms with Gasteiger partial charge < -0.3 is 10.8 Å². The van der Waals surface area contributed by atoms with Gasteiger partial charge in [-0.3, -0.25) is 4.98 Å². The Morgan fingerprint density at radius 2 is 1.88 bits per heavy atom. The van der Waals surface area contributed by atoms with E-state index in [1.54, 1.807) is 0 Å². The highest BCUT2D eigenvalue weighted by Gasteiger charge is 2.38. The zero-order chi connectivity index (χ0) is 12.9. The van der Waals surface area contributed by atoms with Gasteiger partial charge in [-0.15, -0.1) is 0 Å². The molecule has 9 heteroatoms. The first-order chi connectivity index (χ1) is 7.16. The van der Waals surface area contributed by atoms with E-state index in [2.05, 4.69) is 20.9 Å². The number of alkyl halides is 3. The molecule has 0 saturated carbocycles. The Morgan fingerprint density at radius 3 is 2.12 bits per heavy atom. The molecule has 0 aromatic carbocycles. The summed E-state index contributed by atoms with van der Waals surface area (Å²) >= 11 is 2.94. The van der Waals surface area contributed by atoms with E-state index >= 15 is 0 Å². The molecule has 0 amide bonds. The third-order valence-corrected chi connectivity index (χ3v) is 1.94. The quantitative estimate of drug-likeness (QED) is 0.720. The highest BCUT2D eigenvalue weighted by atomic mass is 79.9. The normalized spacial score (nSPS) is 10.3. The van der Waals surface area contributed by atoms with Crippen LogP contribution in [0.1, 0.15) is 0 Å². The summed E-state index contributed by atoms with van der Waals surface area (Å²) < 4.78 is 44.4. The maximum Gasteiger partial charge on any atom is 0.490 e. The number of carboxylic acid groups (broad SMARTS) is 1. The van der Waals surface area contributed by atoms with Crippen LogP contribution in [0.3, 0.4) is 0 Å². The van der Waals surface area contributed by atoms with Crippen LogP contribution in [-0.2, 0) is 4.79 Å². The van der Waals surface area contributed by atoms with Gasteiger partial charge in [0.2, 0.25) is 0 Å². The molecule has 90 valence electrons. The zero-order valence-corrected chi connectivity index (χ0v) is 9.01. The van der Waals surface area contributed by atoms with Crippen molar-refractivity contribution >= 4 is 27.6 Å². The number of nitrogen functional groups attached to an aromatic ring is 1. The highest BCUT2D eigenvalue weighted by molar-refractivity contribution is 9.10. The van der Waals surface area contributed by atoms with Crippen molar-refractivity contribution in [2.24, 2.45) is 0 Å². The number of anilines is 1. The van der Waals surface area contributed by atoms with Gasteiger partial charge in [-0.25, -0.2) is 9.18 Å². The van der Waals surface area contributed by atoms with Gasteiger partial charge in [0.1, 0.15) is 0 Å². The molecule has 1 aromatic rings. The number of halogens is 5. The van der Waals surface area contributed by atoms with Crippen LogP contribution in [0.15, 0.2) is 16.9 Å². The molecular formula is C7H5BrF4N2O2. The van der Waals surface area contributed by atoms with E-state index in [1.807, 2.05) is 0 Å². The molecule has 3 N–H and O–H groups in total. The topological polar surface area (TPSA) is 76.2 Å². The lowest BCUT2D eigenvalue weighted by molar-refractivity contribution is -0.192. The molecule has 1 rings (SSSR count). The molecule has 16 heavy (non-hydrogen) atoms. The third-order valence-electron chi connectivity index (χ3n) is 1.11. The Morgan fingerprint density at radius 1 is 1.44 bits per heavy atom. The summed E-state index contributed by atoms with van der Waals surface area (Å²) in [4.78, 5) is 12.4. The zero-order valence-electron chi connectivity index (χ0n) is 7.42. The fourth-order valence-corrected chi connectivity index (χ4v) is 0.639. The molecular weight excluding hydrogens is 300 g/mol. The van der Waals surface area contributed by atoms with E-state index in [4.69, 9.17) is 15.6 Å². The van der Waals surface area contributed by atoms with Crippen LogP contribution in [0.4, 0.5) is 23.2 Å². The summed E-state index contributed by atoms with van der Waals surface area (Å²) in [6.45, 7) is 0. The van der Waals surface area contributed by atoms with Crippen molar-refractivity contribution in [3.63, 3.8) is 0 Å². The minimum Gasteiger partial charge on any atom is -0.475 e. The summed E-state index contributed by atoms with van der Waals surface area (Å²) in [5.41, 5.74) is 5.59. The molecule has 0 aliphatic heterocycles. The van der Waals surface area contributed by atoms with Crippen LogP contribution in [-0.4, -0.2) is 22.2 Å². The van der Waals surface area contributed by atoms with Gasteiger partial charge in [0.15, 0.2) is 5.82 Å². The Hall–Kier alpha value is -1.38. The predicted molar refractivity (Wildman–Crippen MR) is 50.0 cm³/mol. The molecule has 0 radical (unpaired) electrons. The second-order valence-corrected chi connectivity index (χ2v) is 3.12. The second-order valence-electron chi connectivity index (χ2n) is 2.33. The van der Waals surface area contributed by atoms with Crippen molar-refractivity contribution in [2.45, 2.75) is 6.18 Å². The first-order valence-corrected chi connectivity index (χ1v) is 4.30. The summed E-state index contributed by atoms with van der Waals surface area (Å²) in [5, 5.41) is 7.12. The molecule has 0 bridgehead atoms. The minimum absolute atomic E-state index is 0.275. The largest absolute Gasteiger partial charge is 0.490 e. The number of pyridine rings is 1. The molecule has 0 aliphatic rings. The SMILES string of the molecule is Nc1cncc(F)c1Br.O=C(O)C(F)(F)F. The summed E-state index contributed by atoms with van der Waals surface area (Å²) in [6.07, 6.45) is -2.60. The Kier molecular flexibility index (Phi) is 5.15. The number of aliphatic carboxylic acids is 1. The van der Waals surface area contributed by atoms with Crippen LogP contribution in [0, 0.1) is 5.82 Å². The molecule has 4 nitrogen and oxygen atoms in total. The number of aromatic nitrogens is 1. The Balaban J connectivity index is 0.000000293. The fourth-order valence-electron chi connectivity index (χ4n) is 0.434. The van der Waals surface area contributed by atoms with Gasteiger partial charge in [0.25, 0.3) is 0 Å². The smallest absolute Gasteiger partial charge is 0.475 e. The monoisotopic (exact) mass is 304 g/mol. The summed E-state index contributed by atoms with van der Waals surface area (Å²) in [7, 11) is 0. The summed E-state index contributed by atoms with van der Waals surface area (Å²) in [6, 6.07) is 0. The van der Waals surface area contributed by atoms with Gasteiger partial charge in [-0.2, -0.15) is 13.2 Å². The van der Waals surface area contributed by atoms with Crippen molar-refractivity contribution in [1.82, 2.24) is 4.98 Å². The summed E-state index contributed by atoms with van der Waals surface area (Å²) in [5.74, 6) is -3.19. The number of rotatable bonds is 0. The van der Waals surface area contributed by atoms with Gasteiger partial charge in [0, 0.05) is 0 Å². The van der Waals surface area contributed by atoms with Crippen LogP contribution in [0.2, 0.25) is 0 Å². The average Bonchev–Trinajstić information content (AvgIpc) is 2.13. The van der Waals surface area contributed by atoms with Crippen molar-refractivity contribution in [3.05, 3.63) is 22.7 Å². The van der Waals surface area contributed by atoms with Crippen LogP contribution in [0.5, 0.6) is 0 Å². The lowest BCUT2D eigenvalue weighted by Crippen LogP contribution is -2.21. The molecule has 0 unspecified atom stereocenters. The highest BCUT2D eigenvalue weighted by Crippen LogP contribution is 2.20. The van der Waals surface area contributed by atoms with Crippen molar-refractivity contribution in [1.29, 1.82) is 0 Å². The van der Waals surface area contributed by atoms with E-state index in [0.29, 0.717) is 5.69 Å². The number of carboxylic acids is 1. The number of hydrogen-bond donors (Lipinski definition) is 2. The number of hydrogen-bond acceptors (Lipinski definition) is 3. The maximum atomic E-state index is 12.4. The Bertz CT molecular complexity index is 363. The number of carbonyl (C=O) groups is 1. The molecule has 1 aromatic heterocycles. The third kappa shape index (κ3) is 4.91. The van der Waals surface area contributed by atoms with Gasteiger partial charge in [0.05, 0.1) is 22.6 Å². The van der Waals surface area contributed by atoms with E-state index in [-0.39, 0.29) is 4.47 Å². The average molecular weight is 305 g/mol. The standard InChI is InChI=1S/C5H4BrFN2.C2HF3O2/c6-5-3(7)1-9-2-4(5)8;3-2(4,5)1(6)7/h1-2H,8H2;(H,6,7). The number of nitrogens with two attached hydrogens (primary N) is 1. The first kappa shape index (κ1) is 14.6. The van der Waals surface area contributed by atoms with Crippen LogP contribution < -0.4 is 5.73 Å². The molecule has 0 aliphatic carbocycles. The van der Waals surface area contributed by atoms with Crippen LogP contribution in [0.25, 0.3) is 0 Å². The molecule has 0 atom stereocenters. The number of nitrogens with zero attached hydrogens (tertiary/aromatic N) is 1. The lowest BCUT2D eigenvalue weighted by Gasteiger charge is -1.94. The predicted octanol–water partition coefficient (Wildman–Crippen LogP) is 2.20. The van der Waals surface area contributed by atoms with Gasteiger partial charge in [-0.05, 0) is 15.9 Å². The molecule has 0 saturated heterocycles. The van der Waals surface area contributed by atoms with Gasteiger partial charge >= 0.3 is 12.1 Å². The van der Waals surface area contributed by atoms with E-state index in [9.17, 15) is 17.6 Å². The van der Waals surface area contributed by atoms with E-state index in [1.165, 1.54) is 6.20 Å². The van der Waals surface area contributed by atoms with Gasteiger partial charge in [-0.1, -0.05) is 0 Å². The minimum atomic E-state index is -5.08. The molecule has 0 fully saturated rings. The Labute approximate surface area is 95.2 Å². The van der Waals surface area contributed by atoms with Crippen molar-refractivity contribution in [3.8, 4) is 0 Å². The molecule has 0 spiro atoms. The van der Waals surface area contributed by atoms with Crippen molar-refractivity contribution < 1.29 is 27.5 Å². The van der Waals surface area contributed by atoms with Crippen molar-refractivity contribution in [2.75, 3.05) is 5.73 Å². The lowest BCUT2D eigenvalue weighted by atomic mass is 10.4. The maximum absolute atomic E-state index is 12.4. The van der Waals surface area contributed by atoms with E-state index < -0.39 is 18.0 Å². The second kappa shape index (κ2) is 5.64. The fraction of sp³-hybridized carbons (Fsp3) is 0.143. The first-order valence-electron chi connectivity index (χ1n) is 3.51. The van der Waals surface area contributed by atoms with E-state index in [0.717, 1.165) is 6.20 Å². The van der Waals surface area contributed by atoms with Crippen LogP contribution >= 0.6 is 15.9 Å².